The highest BCUT2D eigenvalue weighted by molar-refractivity contribution is 7.12. The minimum absolute atomic E-state index is 0.00654. The molecule has 0 fully saturated rings. The molecule has 0 aliphatic rings. The van der Waals surface area contributed by atoms with Crippen molar-refractivity contribution in [1.82, 2.24) is 4.57 Å². The number of hydrogen-bond donors (Lipinski definition) is 1. The van der Waals surface area contributed by atoms with Crippen molar-refractivity contribution >= 4 is 34.1 Å². The fourth-order valence-corrected chi connectivity index (χ4v) is 3.69. The molecule has 3 aromatic rings. The van der Waals surface area contributed by atoms with E-state index in [4.69, 9.17) is 4.74 Å². The molecule has 0 aliphatic carbocycles. The van der Waals surface area contributed by atoms with Crippen molar-refractivity contribution in [2.45, 2.75) is 19.8 Å². The molecule has 25 heavy (non-hydrogen) atoms. The maximum atomic E-state index is 14.2. The van der Waals surface area contributed by atoms with Crippen LogP contribution in [0, 0.1) is 12.7 Å². The summed E-state index contributed by atoms with van der Waals surface area (Å²) in [7, 11) is 1.34. The van der Waals surface area contributed by atoms with Crippen LogP contribution >= 0.6 is 11.3 Å². The Morgan fingerprint density at radius 1 is 1.36 bits per heavy atom. The van der Waals surface area contributed by atoms with Gasteiger partial charge < -0.3 is 9.84 Å². The van der Waals surface area contributed by atoms with Crippen molar-refractivity contribution in [2.75, 3.05) is 7.11 Å². The third-order valence-corrected chi connectivity index (χ3v) is 5.12. The monoisotopic (exact) mass is 361 g/mol. The van der Waals surface area contributed by atoms with Crippen LogP contribution in [0.3, 0.4) is 0 Å². The van der Waals surface area contributed by atoms with Gasteiger partial charge in [0.05, 0.1) is 23.4 Å². The van der Waals surface area contributed by atoms with E-state index in [1.54, 1.807) is 31.4 Å². The molecule has 0 spiro atoms. The van der Waals surface area contributed by atoms with Gasteiger partial charge in [0.25, 0.3) is 5.91 Å². The van der Waals surface area contributed by atoms with Gasteiger partial charge in [-0.3, -0.25) is 14.2 Å². The van der Waals surface area contributed by atoms with E-state index in [9.17, 15) is 19.1 Å². The van der Waals surface area contributed by atoms with Crippen LogP contribution in [0.1, 0.15) is 33.8 Å². The number of carboxylic acids is 1. The van der Waals surface area contributed by atoms with E-state index in [0.717, 1.165) is 0 Å². The van der Waals surface area contributed by atoms with Gasteiger partial charge in [-0.2, -0.15) is 0 Å². The van der Waals surface area contributed by atoms with Crippen molar-refractivity contribution in [3.8, 4) is 5.75 Å². The van der Waals surface area contributed by atoms with E-state index in [-0.39, 0.29) is 11.7 Å². The number of nitrogens with zero attached hydrogens (tertiary/aromatic N) is 1. The summed E-state index contributed by atoms with van der Waals surface area (Å²) in [4.78, 5) is 24.9. The van der Waals surface area contributed by atoms with E-state index in [1.807, 2.05) is 0 Å². The Balaban J connectivity index is 2.37. The first-order valence-corrected chi connectivity index (χ1v) is 8.44. The lowest BCUT2D eigenvalue weighted by molar-refractivity contribution is -0.138. The minimum atomic E-state index is -1.02. The average molecular weight is 361 g/mol. The number of carbonyl (C=O) groups excluding carboxylic acids is 1. The fraction of sp³-hybridized carbons (Fsp3) is 0.222. The number of rotatable bonds is 4. The van der Waals surface area contributed by atoms with Gasteiger partial charge in [0, 0.05) is 17.1 Å². The molecule has 1 atom stereocenters. The zero-order valence-corrected chi connectivity index (χ0v) is 14.7. The summed E-state index contributed by atoms with van der Waals surface area (Å²) in [5.41, 5.74) is 1.29. The smallest absolute Gasteiger partial charge is 0.310 e. The first kappa shape index (κ1) is 17.2. The number of fused-ring (bicyclic) bond motifs is 1. The molecular formula is C18H16FNO4S. The summed E-state index contributed by atoms with van der Waals surface area (Å²) < 4.78 is 20.6. The van der Waals surface area contributed by atoms with Gasteiger partial charge in [-0.1, -0.05) is 6.07 Å². The van der Waals surface area contributed by atoms with Crippen molar-refractivity contribution in [3.05, 3.63) is 51.6 Å². The number of carboxylic acid groups (broad SMARTS) is 1. The van der Waals surface area contributed by atoms with Crippen molar-refractivity contribution in [1.29, 1.82) is 0 Å². The topological polar surface area (TPSA) is 68.5 Å². The number of hydrogen-bond acceptors (Lipinski definition) is 4. The van der Waals surface area contributed by atoms with Gasteiger partial charge in [-0.15, -0.1) is 11.3 Å². The van der Waals surface area contributed by atoms with Gasteiger partial charge in [0.2, 0.25) is 0 Å². The molecule has 130 valence electrons. The van der Waals surface area contributed by atoms with Crippen LogP contribution in [0.5, 0.6) is 5.75 Å². The predicted octanol–water partition coefficient (Wildman–Crippen LogP) is 4.04. The zero-order valence-electron chi connectivity index (χ0n) is 13.9. The summed E-state index contributed by atoms with van der Waals surface area (Å²) in [5.74, 6) is -2.79. The second-order valence-electron chi connectivity index (χ2n) is 5.68. The number of thiophene rings is 1. The summed E-state index contributed by atoms with van der Waals surface area (Å²) >= 11 is 1.27. The molecule has 0 amide bonds. The largest absolute Gasteiger partial charge is 0.494 e. The number of halogens is 1. The molecule has 0 radical (unpaired) electrons. The molecule has 3 rings (SSSR count). The zero-order chi connectivity index (χ0) is 18.3. The molecular weight excluding hydrogens is 345 g/mol. The minimum Gasteiger partial charge on any atom is -0.494 e. The van der Waals surface area contributed by atoms with E-state index in [0.29, 0.717) is 27.0 Å². The van der Waals surface area contributed by atoms with E-state index < -0.39 is 17.7 Å². The molecule has 1 N–H and O–H groups in total. The van der Waals surface area contributed by atoms with Crippen LogP contribution in [0.15, 0.2) is 29.6 Å². The van der Waals surface area contributed by atoms with Crippen LogP contribution < -0.4 is 4.74 Å². The fourth-order valence-electron chi connectivity index (χ4n) is 3.04. The molecule has 2 heterocycles. The van der Waals surface area contributed by atoms with Crippen molar-refractivity contribution in [2.24, 2.45) is 0 Å². The summed E-state index contributed by atoms with van der Waals surface area (Å²) in [6.07, 6.45) is 0. The van der Waals surface area contributed by atoms with Crippen LogP contribution in [-0.2, 0) is 4.79 Å². The lowest BCUT2D eigenvalue weighted by atomic mass is 9.98. The molecule has 1 aromatic carbocycles. The van der Waals surface area contributed by atoms with Crippen LogP contribution in [0.4, 0.5) is 4.39 Å². The van der Waals surface area contributed by atoms with Crippen molar-refractivity contribution < 1.29 is 23.8 Å². The normalized spacial score (nSPS) is 12.3. The Hall–Kier alpha value is -2.67. The van der Waals surface area contributed by atoms with E-state index in [1.165, 1.54) is 35.1 Å². The second kappa shape index (κ2) is 6.33. The van der Waals surface area contributed by atoms with Crippen LogP contribution in [0.25, 0.3) is 10.9 Å². The second-order valence-corrected chi connectivity index (χ2v) is 6.63. The SMILES string of the molecule is COc1cc2c(C(C)C(=O)O)c(C)n(C(=O)c3cccs3)c2cc1F. The lowest BCUT2D eigenvalue weighted by Gasteiger charge is -2.08. The van der Waals surface area contributed by atoms with Gasteiger partial charge in [0.1, 0.15) is 0 Å². The molecule has 2 aromatic heterocycles. The molecule has 0 saturated heterocycles. The number of methoxy groups -OCH3 is 1. The quantitative estimate of drug-likeness (QED) is 0.762. The molecule has 0 bridgehead atoms. The molecule has 0 saturated carbocycles. The lowest BCUT2D eigenvalue weighted by Crippen LogP contribution is -2.14. The summed E-state index contributed by atoms with van der Waals surface area (Å²) in [5, 5.41) is 11.7. The van der Waals surface area contributed by atoms with Crippen LogP contribution in [0.2, 0.25) is 0 Å². The van der Waals surface area contributed by atoms with Gasteiger partial charge in [-0.05, 0) is 36.9 Å². The molecule has 0 aliphatic heterocycles. The first-order valence-electron chi connectivity index (χ1n) is 7.56. The number of ether oxygens (including phenoxy) is 1. The van der Waals surface area contributed by atoms with E-state index in [2.05, 4.69) is 0 Å². The Bertz CT molecular complexity index is 975. The highest BCUT2D eigenvalue weighted by Crippen LogP contribution is 2.36. The molecule has 5 nitrogen and oxygen atoms in total. The van der Waals surface area contributed by atoms with Crippen LogP contribution in [-0.4, -0.2) is 28.7 Å². The Morgan fingerprint density at radius 2 is 2.08 bits per heavy atom. The van der Waals surface area contributed by atoms with Gasteiger partial charge >= 0.3 is 5.97 Å². The molecule has 7 heteroatoms. The number of benzene rings is 1. The Kier molecular flexibility index (Phi) is 4.34. The maximum Gasteiger partial charge on any atom is 0.310 e. The number of aliphatic carboxylic acids is 1. The van der Waals surface area contributed by atoms with Crippen molar-refractivity contribution in [3.63, 3.8) is 0 Å². The highest BCUT2D eigenvalue weighted by Gasteiger charge is 2.27. The highest BCUT2D eigenvalue weighted by atomic mass is 32.1. The van der Waals surface area contributed by atoms with Gasteiger partial charge in [0.15, 0.2) is 11.6 Å². The third kappa shape index (κ3) is 2.70. The Labute approximate surface area is 147 Å². The molecule has 1 unspecified atom stereocenters. The third-order valence-electron chi connectivity index (χ3n) is 4.26. The standard InChI is InChI=1S/C18H16FNO4S/c1-9(18(22)23)16-10(2)20(17(21)15-5-4-6-25-15)13-8-12(19)14(24-3)7-11(13)16/h4-9H,1-3H3,(H,22,23). The summed E-state index contributed by atoms with van der Waals surface area (Å²) in [6, 6.07) is 6.09. The maximum absolute atomic E-state index is 14.2. The average Bonchev–Trinajstić information content (AvgIpc) is 3.19. The first-order chi connectivity index (χ1) is 11.9. The van der Waals surface area contributed by atoms with Gasteiger partial charge in [-0.25, -0.2) is 4.39 Å². The number of aromatic nitrogens is 1. The summed E-state index contributed by atoms with van der Waals surface area (Å²) in [6.45, 7) is 3.21. The predicted molar refractivity (Wildman–Crippen MR) is 93.3 cm³/mol. The van der Waals surface area contributed by atoms with E-state index >= 15 is 0 Å². The Morgan fingerprint density at radius 3 is 2.64 bits per heavy atom. The number of carbonyl (C=O) groups is 2.